The van der Waals surface area contributed by atoms with Gasteiger partial charge in [-0.2, -0.15) is 0 Å². The summed E-state index contributed by atoms with van der Waals surface area (Å²) in [6, 6.07) is 0. The van der Waals surface area contributed by atoms with E-state index < -0.39 is 0 Å². The molecule has 0 N–H and O–H groups in total. The Morgan fingerprint density at radius 3 is 0.571 bits per heavy atom. The number of hydrogen-bond acceptors (Lipinski definition) is 3. The van der Waals surface area contributed by atoms with Crippen LogP contribution < -0.4 is 0 Å². The summed E-state index contributed by atoms with van der Waals surface area (Å²) in [5.41, 5.74) is 0. The zero-order valence-corrected chi connectivity index (χ0v) is 4.72. The first-order valence-electron chi connectivity index (χ1n) is 0.866. The summed E-state index contributed by atoms with van der Waals surface area (Å²) in [7, 11) is 0. The summed E-state index contributed by atoms with van der Waals surface area (Å²) >= 11 is 0. The Balaban J connectivity index is -0.00000000900. The molecule has 0 saturated carbocycles. The second kappa shape index (κ2) is 481. The van der Waals surface area contributed by atoms with Crippen molar-refractivity contribution in [3.8, 4) is 0 Å². The summed E-state index contributed by atoms with van der Waals surface area (Å²) in [5, 5.41) is 0. The Hall–Kier alpha value is -0.484. The molecule has 0 bridgehead atoms. The average Bonchev–Trinajstić information content (AvgIpc) is 1.81. The van der Waals surface area contributed by atoms with Crippen LogP contribution in [0.2, 0.25) is 0 Å². The van der Waals surface area contributed by atoms with E-state index in [1.807, 2.05) is 20.4 Å². The molecule has 0 aliphatic carbocycles. The van der Waals surface area contributed by atoms with Crippen LogP contribution in [0.3, 0.4) is 0 Å². The van der Waals surface area contributed by atoms with Gasteiger partial charge in [-0.3, -0.25) is 0 Å². The molecule has 0 rings (SSSR count). The van der Waals surface area contributed by atoms with E-state index in [0.717, 1.165) is 0 Å². The van der Waals surface area contributed by atoms with Crippen molar-refractivity contribution in [2.45, 2.75) is 0 Å². The zero-order chi connectivity index (χ0) is 6.00. The van der Waals surface area contributed by atoms with E-state index in [4.69, 9.17) is 14.4 Å². The van der Waals surface area contributed by atoms with Gasteiger partial charge in [0.25, 0.3) is 0 Å². The predicted molar refractivity (Wildman–Crippen MR) is 21.4 cm³/mol. The fraction of sp³-hybridized carbons (Fsp3) is 0. The zero-order valence-electron chi connectivity index (χ0n) is 3.68. The van der Waals surface area contributed by atoms with Crippen LogP contribution in [0.15, 0.2) is 0 Å². The number of rotatable bonds is 0. The third-order valence-corrected chi connectivity index (χ3v) is 0. The van der Waals surface area contributed by atoms with Crippen molar-refractivity contribution in [3.05, 3.63) is 0 Å². The Morgan fingerprint density at radius 1 is 0.571 bits per heavy atom. The first-order valence-corrected chi connectivity index (χ1v) is 0.866. The third kappa shape index (κ3) is 292. The van der Waals surface area contributed by atoms with Crippen LogP contribution in [-0.2, 0) is 31.2 Å². The van der Waals surface area contributed by atoms with Gasteiger partial charge in [-0.05, 0) is 0 Å². The van der Waals surface area contributed by atoms with Gasteiger partial charge in [0, 0.05) is 16.8 Å². The molecule has 0 unspecified atom stereocenters. The SMILES string of the molecule is C=O.C=O.C=O.[Co]. The Kier molecular flexibility index (Phi) is 2150. The van der Waals surface area contributed by atoms with Crippen molar-refractivity contribution in [2.24, 2.45) is 0 Å². The van der Waals surface area contributed by atoms with Gasteiger partial charge in [0.2, 0.25) is 0 Å². The van der Waals surface area contributed by atoms with Gasteiger partial charge in [0.1, 0.15) is 20.4 Å². The molecule has 0 aromatic carbocycles. The first-order chi connectivity index (χ1) is 3.00. The molecule has 0 aliphatic rings. The van der Waals surface area contributed by atoms with E-state index in [9.17, 15) is 0 Å². The first kappa shape index (κ1) is 31.3. The summed E-state index contributed by atoms with van der Waals surface area (Å²) in [6.07, 6.45) is 0. The quantitative estimate of drug-likeness (QED) is 0.464. The van der Waals surface area contributed by atoms with Gasteiger partial charge in [-0.25, -0.2) is 0 Å². The molecule has 0 amide bonds. The van der Waals surface area contributed by atoms with Crippen LogP contribution in [0, 0.1) is 0 Å². The fourth-order valence-corrected chi connectivity index (χ4v) is 0. The van der Waals surface area contributed by atoms with Crippen LogP contribution in [-0.4, -0.2) is 20.4 Å². The van der Waals surface area contributed by atoms with Crippen LogP contribution in [0.4, 0.5) is 0 Å². The van der Waals surface area contributed by atoms with Crippen molar-refractivity contribution in [1.82, 2.24) is 0 Å². The van der Waals surface area contributed by atoms with Gasteiger partial charge < -0.3 is 14.4 Å². The molecule has 0 spiro atoms. The number of hydrogen-bond donors (Lipinski definition) is 0. The average molecular weight is 149 g/mol. The molecular formula is C3H6CoO3. The van der Waals surface area contributed by atoms with Crippen molar-refractivity contribution >= 4 is 20.4 Å². The fourth-order valence-electron chi connectivity index (χ4n) is 0. The molecule has 1 radical (unpaired) electrons. The van der Waals surface area contributed by atoms with Gasteiger partial charge in [0.15, 0.2) is 0 Å². The van der Waals surface area contributed by atoms with Gasteiger partial charge >= 0.3 is 0 Å². The summed E-state index contributed by atoms with van der Waals surface area (Å²) in [4.78, 5) is 24.0. The van der Waals surface area contributed by atoms with Gasteiger partial charge in [-0.15, -0.1) is 0 Å². The van der Waals surface area contributed by atoms with Crippen molar-refractivity contribution in [2.75, 3.05) is 0 Å². The van der Waals surface area contributed by atoms with Gasteiger partial charge in [-0.1, -0.05) is 0 Å². The maximum absolute atomic E-state index is 8.00. The Labute approximate surface area is 52.3 Å². The molecule has 7 heavy (non-hydrogen) atoms. The monoisotopic (exact) mass is 149 g/mol. The molecule has 3 nitrogen and oxygen atoms in total. The second-order valence-electron chi connectivity index (χ2n) is 0. The van der Waals surface area contributed by atoms with Crippen molar-refractivity contribution in [1.29, 1.82) is 0 Å². The minimum Gasteiger partial charge on any atom is -0.307 e. The molecule has 45 valence electrons. The molecule has 0 aliphatic heterocycles. The van der Waals surface area contributed by atoms with E-state index in [1.165, 1.54) is 0 Å². The van der Waals surface area contributed by atoms with E-state index in [-0.39, 0.29) is 16.8 Å². The standard InChI is InChI=1S/3CH2O.Co/c3*1-2;/h3*1H2;. The normalized spacial score (nSPS) is 1.71. The molecule has 0 aromatic heterocycles. The number of carbonyl (C=O) groups is 3. The maximum Gasteiger partial charge on any atom is 0.106 e. The molecular weight excluding hydrogens is 143 g/mol. The second-order valence-corrected chi connectivity index (χ2v) is 0. The van der Waals surface area contributed by atoms with Crippen molar-refractivity contribution < 1.29 is 31.2 Å². The smallest absolute Gasteiger partial charge is 0.106 e. The van der Waals surface area contributed by atoms with Gasteiger partial charge in [0.05, 0.1) is 0 Å². The van der Waals surface area contributed by atoms with E-state index in [0.29, 0.717) is 0 Å². The third-order valence-electron chi connectivity index (χ3n) is 0. The Bertz CT molecular complexity index is 14.9. The number of carbonyl (C=O) groups excluding carboxylic acids is 3. The molecule has 0 saturated heterocycles. The van der Waals surface area contributed by atoms with Crippen LogP contribution in [0.25, 0.3) is 0 Å². The van der Waals surface area contributed by atoms with Crippen LogP contribution >= 0.6 is 0 Å². The van der Waals surface area contributed by atoms with E-state index >= 15 is 0 Å². The largest absolute Gasteiger partial charge is 0.307 e. The molecule has 0 fully saturated rings. The maximum atomic E-state index is 8.00. The molecule has 0 heterocycles. The molecule has 0 aromatic rings. The summed E-state index contributed by atoms with van der Waals surface area (Å²) in [5.74, 6) is 0. The Morgan fingerprint density at radius 2 is 0.571 bits per heavy atom. The summed E-state index contributed by atoms with van der Waals surface area (Å²) in [6.45, 7) is 6.00. The molecule has 4 heteroatoms. The van der Waals surface area contributed by atoms with E-state index in [2.05, 4.69) is 0 Å². The molecule has 0 atom stereocenters. The van der Waals surface area contributed by atoms with Crippen LogP contribution in [0.1, 0.15) is 0 Å². The topological polar surface area (TPSA) is 51.2 Å². The van der Waals surface area contributed by atoms with E-state index in [1.54, 1.807) is 0 Å². The van der Waals surface area contributed by atoms with Crippen molar-refractivity contribution in [3.63, 3.8) is 0 Å². The van der Waals surface area contributed by atoms with Crippen LogP contribution in [0.5, 0.6) is 0 Å². The summed E-state index contributed by atoms with van der Waals surface area (Å²) < 4.78 is 0. The minimum atomic E-state index is 0. The minimum absolute atomic E-state index is 0. The predicted octanol–water partition coefficient (Wildman–Crippen LogP) is -0.557.